The van der Waals surface area contributed by atoms with Crippen molar-refractivity contribution in [2.75, 3.05) is 13.1 Å². The van der Waals surface area contributed by atoms with Crippen molar-refractivity contribution in [1.82, 2.24) is 15.5 Å². The Bertz CT molecular complexity index is 988. The van der Waals surface area contributed by atoms with Crippen LogP contribution in [0, 0.1) is 18.7 Å². The van der Waals surface area contributed by atoms with E-state index in [0.29, 0.717) is 24.1 Å². The third-order valence-corrected chi connectivity index (χ3v) is 6.77. The highest BCUT2D eigenvalue weighted by Crippen LogP contribution is 2.40. The molecular formula is C26H32FN3O2. The second-order valence-electron chi connectivity index (χ2n) is 9.51. The molecule has 2 amide bonds. The first kappa shape index (κ1) is 22.5. The van der Waals surface area contributed by atoms with Gasteiger partial charge in [-0.1, -0.05) is 30.3 Å². The summed E-state index contributed by atoms with van der Waals surface area (Å²) in [6, 6.07) is 14.4. The Balaban J connectivity index is 1.56. The summed E-state index contributed by atoms with van der Waals surface area (Å²) >= 11 is 0. The molecule has 2 unspecified atom stereocenters. The zero-order valence-corrected chi connectivity index (χ0v) is 19.0. The Morgan fingerprint density at radius 1 is 1.09 bits per heavy atom. The van der Waals surface area contributed by atoms with Crippen LogP contribution in [0.25, 0.3) is 0 Å². The Morgan fingerprint density at radius 3 is 2.47 bits per heavy atom. The van der Waals surface area contributed by atoms with E-state index in [0.717, 1.165) is 24.9 Å². The maximum Gasteiger partial charge on any atom is 0.251 e. The number of nitrogens with zero attached hydrogens (tertiary/aromatic N) is 1. The lowest BCUT2D eigenvalue weighted by Gasteiger charge is -2.43. The highest BCUT2D eigenvalue weighted by atomic mass is 19.1. The molecule has 1 heterocycles. The first-order chi connectivity index (χ1) is 15.3. The van der Waals surface area contributed by atoms with Gasteiger partial charge < -0.3 is 15.5 Å². The van der Waals surface area contributed by atoms with E-state index in [4.69, 9.17) is 0 Å². The summed E-state index contributed by atoms with van der Waals surface area (Å²) in [4.78, 5) is 28.9. The molecule has 1 aliphatic carbocycles. The zero-order valence-electron chi connectivity index (χ0n) is 19.0. The summed E-state index contributed by atoms with van der Waals surface area (Å²) in [6.07, 6.45) is 2.69. The van der Waals surface area contributed by atoms with Gasteiger partial charge in [-0.2, -0.15) is 0 Å². The number of aryl methyl sites for hydroxylation is 1. The van der Waals surface area contributed by atoms with E-state index < -0.39 is 5.54 Å². The fourth-order valence-corrected chi connectivity index (χ4v) is 4.74. The predicted molar refractivity (Wildman–Crippen MR) is 123 cm³/mol. The summed E-state index contributed by atoms with van der Waals surface area (Å²) < 4.78 is 13.6. The van der Waals surface area contributed by atoms with Crippen molar-refractivity contribution in [3.63, 3.8) is 0 Å². The van der Waals surface area contributed by atoms with Crippen molar-refractivity contribution in [3.05, 3.63) is 71.0 Å². The van der Waals surface area contributed by atoms with Gasteiger partial charge in [-0.05, 0) is 75.9 Å². The van der Waals surface area contributed by atoms with Crippen molar-refractivity contribution in [3.8, 4) is 0 Å². The average Bonchev–Trinajstić information content (AvgIpc) is 3.61. The smallest absolute Gasteiger partial charge is 0.251 e. The molecule has 0 bridgehead atoms. The molecule has 2 fully saturated rings. The standard InChI is InChI=1S/C26H32FN3O2/c1-17-15-18(9-12-22(17)27)24(31)29-23-13-14-28-16-21(23)25(32)30(20-10-11-20)26(2,3)19-7-5-4-6-8-19/h4-9,12,15,20-21,23,28H,10-11,13-14,16H2,1-3H3,(H,29,31). The van der Waals surface area contributed by atoms with Gasteiger partial charge in [0, 0.05) is 24.2 Å². The number of amides is 2. The Morgan fingerprint density at radius 2 is 1.81 bits per heavy atom. The quantitative estimate of drug-likeness (QED) is 0.723. The molecule has 2 aromatic rings. The number of hydrogen-bond acceptors (Lipinski definition) is 3. The first-order valence-electron chi connectivity index (χ1n) is 11.5. The van der Waals surface area contributed by atoms with Crippen LogP contribution < -0.4 is 10.6 Å². The summed E-state index contributed by atoms with van der Waals surface area (Å²) in [5.74, 6) is -0.871. The molecule has 1 saturated carbocycles. The minimum Gasteiger partial charge on any atom is -0.348 e. The predicted octanol–water partition coefficient (Wildman–Crippen LogP) is 3.77. The van der Waals surface area contributed by atoms with Gasteiger partial charge in [0.2, 0.25) is 5.91 Å². The lowest BCUT2D eigenvalue weighted by atomic mass is 9.86. The van der Waals surface area contributed by atoms with E-state index in [-0.39, 0.29) is 35.6 Å². The largest absolute Gasteiger partial charge is 0.348 e. The van der Waals surface area contributed by atoms with Gasteiger partial charge in [-0.3, -0.25) is 9.59 Å². The summed E-state index contributed by atoms with van der Waals surface area (Å²) in [5.41, 5.74) is 1.50. The molecule has 5 nitrogen and oxygen atoms in total. The molecule has 2 aliphatic rings. The van der Waals surface area contributed by atoms with Gasteiger partial charge in [-0.15, -0.1) is 0 Å². The van der Waals surface area contributed by atoms with Crippen molar-refractivity contribution in [1.29, 1.82) is 0 Å². The molecule has 2 N–H and O–H groups in total. The minimum atomic E-state index is -0.445. The van der Waals surface area contributed by atoms with Crippen molar-refractivity contribution in [2.24, 2.45) is 5.92 Å². The van der Waals surface area contributed by atoms with E-state index in [2.05, 4.69) is 36.6 Å². The van der Waals surface area contributed by atoms with E-state index in [1.807, 2.05) is 23.1 Å². The molecular weight excluding hydrogens is 405 g/mol. The van der Waals surface area contributed by atoms with Gasteiger partial charge in [0.05, 0.1) is 11.5 Å². The summed E-state index contributed by atoms with van der Waals surface area (Å²) in [6.45, 7) is 7.11. The molecule has 6 heteroatoms. The van der Waals surface area contributed by atoms with Crippen LogP contribution in [0.1, 0.15) is 54.6 Å². The molecule has 1 aliphatic heterocycles. The second kappa shape index (κ2) is 9.02. The number of nitrogens with one attached hydrogen (secondary N) is 2. The normalized spacial score (nSPS) is 21.1. The van der Waals surface area contributed by atoms with Crippen LogP contribution in [0.3, 0.4) is 0 Å². The highest BCUT2D eigenvalue weighted by molar-refractivity contribution is 5.95. The molecule has 0 radical (unpaired) electrons. The van der Waals surface area contributed by atoms with Gasteiger partial charge in [0.1, 0.15) is 5.82 Å². The third-order valence-electron chi connectivity index (χ3n) is 6.77. The maximum absolute atomic E-state index is 13.9. The average molecular weight is 438 g/mol. The van der Waals surface area contributed by atoms with Gasteiger partial charge in [0.25, 0.3) is 5.91 Å². The van der Waals surface area contributed by atoms with Gasteiger partial charge in [-0.25, -0.2) is 4.39 Å². The van der Waals surface area contributed by atoms with Crippen LogP contribution in [0.5, 0.6) is 0 Å². The van der Waals surface area contributed by atoms with E-state index in [9.17, 15) is 14.0 Å². The molecule has 32 heavy (non-hydrogen) atoms. The molecule has 2 aromatic carbocycles. The van der Waals surface area contributed by atoms with Gasteiger partial charge in [0.15, 0.2) is 0 Å². The molecule has 170 valence electrons. The van der Waals surface area contributed by atoms with Crippen molar-refractivity contribution >= 4 is 11.8 Å². The number of piperidine rings is 1. The van der Waals surface area contributed by atoms with Crippen LogP contribution in [0.2, 0.25) is 0 Å². The number of carbonyl (C=O) groups is 2. The van der Waals surface area contributed by atoms with Crippen molar-refractivity contribution < 1.29 is 14.0 Å². The monoisotopic (exact) mass is 437 g/mol. The first-order valence-corrected chi connectivity index (χ1v) is 11.5. The van der Waals surface area contributed by atoms with Crippen LogP contribution in [-0.4, -0.2) is 41.9 Å². The van der Waals surface area contributed by atoms with Crippen LogP contribution in [-0.2, 0) is 10.3 Å². The van der Waals surface area contributed by atoms with E-state index in [1.54, 1.807) is 13.0 Å². The molecule has 4 rings (SSSR count). The van der Waals surface area contributed by atoms with E-state index in [1.165, 1.54) is 12.1 Å². The third kappa shape index (κ3) is 4.56. The number of carbonyl (C=O) groups excluding carboxylic acids is 2. The number of benzene rings is 2. The lowest BCUT2D eigenvalue weighted by molar-refractivity contribution is -0.143. The van der Waals surface area contributed by atoms with Crippen LogP contribution in [0.4, 0.5) is 4.39 Å². The fraction of sp³-hybridized carbons (Fsp3) is 0.462. The second-order valence-corrected chi connectivity index (χ2v) is 9.51. The topological polar surface area (TPSA) is 61.4 Å². The number of hydrogen-bond donors (Lipinski definition) is 2. The Hall–Kier alpha value is -2.73. The number of halogens is 1. The maximum atomic E-state index is 13.9. The van der Waals surface area contributed by atoms with Crippen LogP contribution >= 0.6 is 0 Å². The minimum absolute atomic E-state index is 0.0779. The van der Waals surface area contributed by atoms with Crippen LogP contribution in [0.15, 0.2) is 48.5 Å². The Kier molecular flexibility index (Phi) is 6.33. The molecule has 0 aromatic heterocycles. The SMILES string of the molecule is Cc1cc(C(=O)NC2CCNCC2C(=O)N(C2CC2)C(C)(C)c2ccccc2)ccc1F. The molecule has 2 atom stereocenters. The molecule has 1 saturated heterocycles. The molecule has 0 spiro atoms. The van der Waals surface area contributed by atoms with Gasteiger partial charge >= 0.3 is 0 Å². The van der Waals surface area contributed by atoms with E-state index >= 15 is 0 Å². The fourth-order valence-electron chi connectivity index (χ4n) is 4.74. The summed E-state index contributed by atoms with van der Waals surface area (Å²) in [7, 11) is 0. The summed E-state index contributed by atoms with van der Waals surface area (Å²) in [5, 5.41) is 6.40. The lowest BCUT2D eigenvalue weighted by Crippen LogP contribution is -2.58. The zero-order chi connectivity index (χ0) is 22.9. The van der Waals surface area contributed by atoms with Crippen molar-refractivity contribution in [2.45, 2.75) is 57.7 Å². The highest BCUT2D eigenvalue weighted by Gasteiger charge is 2.46. The Labute approximate surface area is 189 Å². The number of rotatable bonds is 6.